The van der Waals surface area contributed by atoms with Gasteiger partial charge in [-0.05, 0) is 42.8 Å². The fourth-order valence-corrected chi connectivity index (χ4v) is 5.31. The minimum absolute atomic E-state index is 0.0209. The fourth-order valence-electron chi connectivity index (χ4n) is 3.88. The van der Waals surface area contributed by atoms with E-state index in [0.29, 0.717) is 21.3 Å². The third-order valence-electron chi connectivity index (χ3n) is 5.48. The van der Waals surface area contributed by atoms with Gasteiger partial charge in [-0.3, -0.25) is 14.5 Å². The maximum Gasteiger partial charge on any atom is 0.301 e. The Kier molecular flexibility index (Phi) is 5.34. The number of carbonyl (C=O) groups is 2. The van der Waals surface area contributed by atoms with E-state index in [9.17, 15) is 19.1 Å². The number of ketones is 1. The summed E-state index contributed by atoms with van der Waals surface area (Å²) in [5, 5.41) is 11.4. The smallest absolute Gasteiger partial charge is 0.301 e. The zero-order valence-electron chi connectivity index (χ0n) is 17.3. The number of aryl methyl sites for hydroxylation is 1. The molecule has 1 aliphatic heterocycles. The van der Waals surface area contributed by atoms with E-state index in [1.165, 1.54) is 23.1 Å². The Hall–Kier alpha value is -3.36. The third kappa shape index (κ3) is 3.75. The summed E-state index contributed by atoms with van der Waals surface area (Å²) in [4.78, 5) is 32.2. The number of fused-ring (bicyclic) bond motifs is 1. The maximum atomic E-state index is 13.7. The lowest BCUT2D eigenvalue weighted by Gasteiger charge is -2.23. The van der Waals surface area contributed by atoms with Gasteiger partial charge in [0.15, 0.2) is 5.13 Å². The zero-order valence-corrected chi connectivity index (χ0v) is 19.7. The van der Waals surface area contributed by atoms with Crippen LogP contribution in [0.5, 0.6) is 0 Å². The molecule has 1 aromatic heterocycles. The Morgan fingerprint density at radius 2 is 1.85 bits per heavy atom. The van der Waals surface area contributed by atoms with Crippen LogP contribution >= 0.6 is 27.3 Å². The predicted molar refractivity (Wildman–Crippen MR) is 130 cm³/mol. The predicted octanol–water partition coefficient (Wildman–Crippen LogP) is 6.13. The van der Waals surface area contributed by atoms with Crippen LogP contribution in [0.3, 0.4) is 0 Å². The van der Waals surface area contributed by atoms with Crippen LogP contribution in [0, 0.1) is 12.7 Å². The molecule has 8 heteroatoms. The third-order valence-corrected chi connectivity index (χ3v) is 6.99. The lowest BCUT2D eigenvalue weighted by Crippen LogP contribution is -2.29. The Morgan fingerprint density at radius 1 is 1.09 bits per heavy atom. The van der Waals surface area contributed by atoms with Gasteiger partial charge in [0.25, 0.3) is 5.78 Å². The molecule has 0 aliphatic carbocycles. The molecule has 1 unspecified atom stereocenters. The van der Waals surface area contributed by atoms with Crippen LogP contribution in [0.1, 0.15) is 22.7 Å². The van der Waals surface area contributed by atoms with E-state index in [2.05, 4.69) is 20.9 Å². The molecule has 33 heavy (non-hydrogen) atoms. The zero-order chi connectivity index (χ0) is 23.3. The van der Waals surface area contributed by atoms with Gasteiger partial charge in [-0.15, -0.1) is 0 Å². The van der Waals surface area contributed by atoms with Crippen LogP contribution in [0.4, 0.5) is 9.52 Å². The number of hydrogen-bond acceptors (Lipinski definition) is 5. The number of nitrogens with zero attached hydrogens (tertiary/aromatic N) is 2. The molecule has 1 N–H and O–H groups in total. The van der Waals surface area contributed by atoms with E-state index in [1.807, 2.05) is 25.1 Å². The van der Waals surface area contributed by atoms with Gasteiger partial charge in [-0.25, -0.2) is 9.37 Å². The molecule has 1 fully saturated rings. The van der Waals surface area contributed by atoms with Crippen LogP contribution in [-0.2, 0) is 9.59 Å². The number of Topliss-reactive ketones (excluding diaryl/α,β-unsaturated/α-hetero) is 1. The summed E-state index contributed by atoms with van der Waals surface area (Å²) < 4.78 is 15.0. The van der Waals surface area contributed by atoms with E-state index >= 15 is 0 Å². The molecule has 1 saturated heterocycles. The molecule has 2 heterocycles. The standard InChI is InChI=1S/C25H16BrFN2O3S/c1-13-5-7-14(8-6-13)22(30)20-21(15-3-2-4-16(26)11-15)29(24(32)23(20)31)25-28-18-10-9-17(27)12-19(18)33-25/h2-12,21,30H,1H3/b22-20+. The van der Waals surface area contributed by atoms with Crippen molar-refractivity contribution in [2.75, 3.05) is 4.90 Å². The first-order valence-electron chi connectivity index (χ1n) is 10.0. The van der Waals surface area contributed by atoms with Gasteiger partial charge >= 0.3 is 5.91 Å². The molecule has 5 nitrogen and oxygen atoms in total. The molecule has 0 radical (unpaired) electrons. The normalized spacial score (nSPS) is 17.8. The average Bonchev–Trinajstić information content (AvgIpc) is 3.32. The number of aliphatic hydroxyl groups is 1. The lowest BCUT2D eigenvalue weighted by atomic mass is 9.95. The molecular weight excluding hydrogens is 507 g/mol. The Bertz CT molecular complexity index is 1460. The number of hydrogen-bond donors (Lipinski definition) is 1. The van der Waals surface area contributed by atoms with Crippen molar-refractivity contribution in [3.63, 3.8) is 0 Å². The summed E-state index contributed by atoms with van der Waals surface area (Å²) in [6.45, 7) is 1.92. The minimum atomic E-state index is -0.894. The highest BCUT2D eigenvalue weighted by Gasteiger charge is 2.48. The first-order valence-corrected chi connectivity index (χ1v) is 11.6. The summed E-state index contributed by atoms with van der Waals surface area (Å²) >= 11 is 4.55. The topological polar surface area (TPSA) is 70.5 Å². The van der Waals surface area contributed by atoms with Crippen LogP contribution in [0.25, 0.3) is 16.0 Å². The monoisotopic (exact) mass is 522 g/mol. The molecule has 0 spiro atoms. The number of aliphatic hydroxyl groups excluding tert-OH is 1. The average molecular weight is 523 g/mol. The van der Waals surface area contributed by atoms with Crippen molar-refractivity contribution in [2.45, 2.75) is 13.0 Å². The number of amides is 1. The number of halogens is 2. The lowest BCUT2D eigenvalue weighted by molar-refractivity contribution is -0.132. The molecule has 1 amide bonds. The molecule has 1 atom stereocenters. The molecule has 4 aromatic rings. The van der Waals surface area contributed by atoms with Crippen molar-refractivity contribution in [3.05, 3.63) is 99.3 Å². The fraction of sp³-hybridized carbons (Fsp3) is 0.0800. The molecule has 1 aliphatic rings. The van der Waals surface area contributed by atoms with Crippen LogP contribution in [0.15, 0.2) is 76.8 Å². The summed E-state index contributed by atoms with van der Waals surface area (Å²) in [6.07, 6.45) is 0. The van der Waals surface area contributed by atoms with Gasteiger partial charge in [-0.2, -0.15) is 0 Å². The Labute approximate surface area is 200 Å². The summed E-state index contributed by atoms with van der Waals surface area (Å²) in [5.41, 5.74) is 2.56. The van der Waals surface area contributed by atoms with E-state index in [0.717, 1.165) is 21.4 Å². The maximum absolute atomic E-state index is 13.7. The molecular formula is C25H16BrFN2O3S. The number of carbonyl (C=O) groups excluding carboxylic acids is 2. The number of anilines is 1. The number of benzene rings is 3. The molecule has 164 valence electrons. The van der Waals surface area contributed by atoms with Gasteiger partial charge in [0.05, 0.1) is 21.8 Å². The summed E-state index contributed by atoms with van der Waals surface area (Å²) in [5.74, 6) is -2.27. The molecule has 5 rings (SSSR count). The van der Waals surface area contributed by atoms with Crippen LogP contribution < -0.4 is 4.90 Å². The van der Waals surface area contributed by atoms with Crippen molar-refractivity contribution < 1.29 is 19.1 Å². The highest BCUT2D eigenvalue weighted by atomic mass is 79.9. The molecule has 0 saturated carbocycles. The summed E-state index contributed by atoms with van der Waals surface area (Å²) in [7, 11) is 0. The van der Waals surface area contributed by atoms with Crippen LogP contribution in [0.2, 0.25) is 0 Å². The second kappa shape index (κ2) is 8.20. The van der Waals surface area contributed by atoms with Crippen molar-refractivity contribution in [2.24, 2.45) is 0 Å². The second-order valence-electron chi connectivity index (χ2n) is 7.70. The van der Waals surface area contributed by atoms with Gasteiger partial charge < -0.3 is 5.11 Å². The van der Waals surface area contributed by atoms with Gasteiger partial charge in [0.2, 0.25) is 0 Å². The van der Waals surface area contributed by atoms with Crippen molar-refractivity contribution >= 4 is 60.1 Å². The number of thiazole rings is 1. The first kappa shape index (κ1) is 21.5. The molecule has 0 bridgehead atoms. The highest BCUT2D eigenvalue weighted by Crippen LogP contribution is 2.44. The van der Waals surface area contributed by atoms with Gasteiger partial charge in [0, 0.05) is 10.0 Å². The van der Waals surface area contributed by atoms with Gasteiger partial charge in [-0.1, -0.05) is 69.2 Å². The number of aromatic nitrogens is 1. The SMILES string of the molecule is Cc1ccc(/C(O)=C2\C(=O)C(=O)N(c3nc4ccc(F)cc4s3)C2c2cccc(Br)c2)cc1. The van der Waals surface area contributed by atoms with Crippen molar-refractivity contribution in [3.8, 4) is 0 Å². The van der Waals surface area contributed by atoms with Crippen LogP contribution in [-0.4, -0.2) is 21.8 Å². The Balaban J connectivity index is 1.74. The largest absolute Gasteiger partial charge is 0.507 e. The minimum Gasteiger partial charge on any atom is -0.507 e. The quantitative estimate of drug-likeness (QED) is 0.199. The molecule has 3 aromatic carbocycles. The summed E-state index contributed by atoms with van der Waals surface area (Å²) in [6, 6.07) is 17.5. The highest BCUT2D eigenvalue weighted by molar-refractivity contribution is 9.10. The number of rotatable bonds is 3. The van der Waals surface area contributed by atoms with Crippen molar-refractivity contribution in [1.82, 2.24) is 4.98 Å². The first-order chi connectivity index (χ1) is 15.8. The van der Waals surface area contributed by atoms with E-state index < -0.39 is 23.5 Å². The van der Waals surface area contributed by atoms with E-state index in [1.54, 1.807) is 30.3 Å². The van der Waals surface area contributed by atoms with Gasteiger partial charge in [0.1, 0.15) is 11.6 Å². The Morgan fingerprint density at radius 3 is 2.58 bits per heavy atom. The second-order valence-corrected chi connectivity index (χ2v) is 9.62. The van der Waals surface area contributed by atoms with E-state index in [-0.39, 0.29) is 16.5 Å². The van der Waals surface area contributed by atoms with Crippen molar-refractivity contribution in [1.29, 1.82) is 0 Å². The van der Waals surface area contributed by atoms with E-state index in [4.69, 9.17) is 0 Å².